The second-order valence-electron chi connectivity index (χ2n) is 6.87. The summed E-state index contributed by atoms with van der Waals surface area (Å²) in [4.78, 5) is 32.8. The Hall–Kier alpha value is -3.19. The zero-order valence-corrected chi connectivity index (χ0v) is 17.3. The van der Waals surface area contributed by atoms with E-state index < -0.39 is 0 Å². The average Bonchev–Trinajstić information content (AvgIpc) is 3.08. The summed E-state index contributed by atoms with van der Waals surface area (Å²) in [7, 11) is 0. The molecule has 0 bridgehead atoms. The normalized spacial score (nSPS) is 10.8. The maximum Gasteiger partial charge on any atom is 0.274 e. The molecule has 7 nitrogen and oxygen atoms in total. The Balaban J connectivity index is 2.16. The number of carbonyl (C=O) groups excluding carboxylic acids is 2. The zero-order chi connectivity index (χ0) is 21.1. The highest BCUT2D eigenvalue weighted by Gasteiger charge is 2.25. The van der Waals surface area contributed by atoms with Crippen LogP contribution < -0.4 is 10.6 Å². The van der Waals surface area contributed by atoms with E-state index in [-0.39, 0.29) is 35.2 Å². The molecule has 0 fully saturated rings. The van der Waals surface area contributed by atoms with Crippen molar-refractivity contribution in [2.24, 2.45) is 0 Å². The first kappa shape index (κ1) is 20.5. The Kier molecular flexibility index (Phi) is 5.98. The molecule has 0 atom stereocenters. The Morgan fingerprint density at radius 1 is 1.17 bits per heavy atom. The second kappa shape index (κ2) is 8.45. The number of pyridine rings is 1. The molecular formula is C21H21ClN4O3. The average molecular weight is 413 g/mol. The Morgan fingerprint density at radius 2 is 1.90 bits per heavy atom. The van der Waals surface area contributed by atoms with Crippen molar-refractivity contribution in [1.82, 2.24) is 15.3 Å². The van der Waals surface area contributed by atoms with Gasteiger partial charge in [-0.15, -0.1) is 0 Å². The van der Waals surface area contributed by atoms with Gasteiger partial charge in [-0.3, -0.25) is 9.59 Å². The number of aryl methyl sites for hydroxylation is 1. The lowest BCUT2D eigenvalue weighted by atomic mass is 10.1. The van der Waals surface area contributed by atoms with Crippen LogP contribution in [0.3, 0.4) is 0 Å². The van der Waals surface area contributed by atoms with Gasteiger partial charge in [-0.05, 0) is 44.5 Å². The minimum atomic E-state index is -0.362. The number of aromatic nitrogens is 2. The van der Waals surface area contributed by atoms with Crippen molar-refractivity contribution in [2.45, 2.75) is 33.7 Å². The lowest BCUT2D eigenvalue weighted by Gasteiger charge is -2.07. The number of carbonyl (C=O) groups is 2. The van der Waals surface area contributed by atoms with Crippen LogP contribution in [0.1, 0.15) is 36.8 Å². The standard InChI is InChI=1S/C21H21ClN4O3/c1-11(2)24-20(28)18-19(14-7-5-6-8-16(14)22)29-21(26-18)15-9-17(25-13(4)27)23-10-12(15)3/h5-11H,1-4H3,(H,24,28)(H,23,25,27). The summed E-state index contributed by atoms with van der Waals surface area (Å²) in [5.74, 6) is 0.275. The molecule has 0 unspecified atom stereocenters. The molecule has 2 N–H and O–H groups in total. The van der Waals surface area contributed by atoms with Crippen LogP contribution in [0, 0.1) is 6.92 Å². The molecule has 0 aliphatic rings. The number of benzene rings is 1. The van der Waals surface area contributed by atoms with Gasteiger partial charge in [-0.25, -0.2) is 9.97 Å². The Bertz CT molecular complexity index is 1080. The summed E-state index contributed by atoms with van der Waals surface area (Å²) >= 11 is 6.33. The monoisotopic (exact) mass is 412 g/mol. The molecule has 0 saturated heterocycles. The van der Waals surface area contributed by atoms with Gasteiger partial charge in [0.15, 0.2) is 11.5 Å². The third-order valence-electron chi connectivity index (χ3n) is 4.02. The minimum Gasteiger partial charge on any atom is -0.435 e. The molecule has 0 radical (unpaired) electrons. The van der Waals surface area contributed by atoms with Crippen LogP contribution in [0.5, 0.6) is 0 Å². The van der Waals surface area contributed by atoms with Crippen molar-refractivity contribution in [3.8, 4) is 22.8 Å². The first-order valence-corrected chi connectivity index (χ1v) is 9.45. The third-order valence-corrected chi connectivity index (χ3v) is 4.35. The van der Waals surface area contributed by atoms with Crippen LogP contribution in [0.2, 0.25) is 5.02 Å². The number of nitrogens with zero attached hydrogens (tertiary/aromatic N) is 2. The maximum absolute atomic E-state index is 12.8. The van der Waals surface area contributed by atoms with Crippen LogP contribution >= 0.6 is 11.6 Å². The minimum absolute atomic E-state index is 0.0734. The first-order chi connectivity index (χ1) is 13.8. The van der Waals surface area contributed by atoms with Crippen LogP contribution in [0.25, 0.3) is 22.8 Å². The van der Waals surface area contributed by atoms with E-state index in [0.717, 1.165) is 5.56 Å². The van der Waals surface area contributed by atoms with Gasteiger partial charge in [0.05, 0.1) is 5.02 Å². The van der Waals surface area contributed by atoms with E-state index in [1.54, 1.807) is 36.5 Å². The van der Waals surface area contributed by atoms with Crippen molar-refractivity contribution in [3.05, 3.63) is 52.8 Å². The van der Waals surface area contributed by atoms with Crippen molar-refractivity contribution in [3.63, 3.8) is 0 Å². The molecule has 0 aliphatic heterocycles. The molecule has 150 valence electrons. The van der Waals surface area contributed by atoms with Gasteiger partial charge in [0.1, 0.15) is 5.82 Å². The molecule has 0 saturated carbocycles. The van der Waals surface area contributed by atoms with Gasteiger partial charge in [0.2, 0.25) is 11.8 Å². The zero-order valence-electron chi connectivity index (χ0n) is 16.5. The molecule has 2 amide bonds. The molecule has 29 heavy (non-hydrogen) atoms. The molecule has 8 heteroatoms. The largest absolute Gasteiger partial charge is 0.435 e. The quantitative estimate of drug-likeness (QED) is 0.644. The number of amides is 2. The van der Waals surface area contributed by atoms with Gasteiger partial charge in [-0.2, -0.15) is 0 Å². The van der Waals surface area contributed by atoms with Crippen molar-refractivity contribution >= 4 is 29.2 Å². The van der Waals surface area contributed by atoms with E-state index in [0.29, 0.717) is 22.0 Å². The molecular weight excluding hydrogens is 392 g/mol. The molecule has 3 rings (SSSR count). The van der Waals surface area contributed by atoms with Crippen molar-refractivity contribution in [1.29, 1.82) is 0 Å². The number of rotatable bonds is 5. The highest BCUT2D eigenvalue weighted by atomic mass is 35.5. The van der Waals surface area contributed by atoms with Gasteiger partial charge in [0.25, 0.3) is 5.91 Å². The van der Waals surface area contributed by atoms with Crippen molar-refractivity contribution in [2.75, 3.05) is 5.32 Å². The summed E-state index contributed by atoms with van der Waals surface area (Å²) in [6, 6.07) is 8.67. The van der Waals surface area contributed by atoms with E-state index in [4.69, 9.17) is 16.0 Å². The fourth-order valence-corrected chi connectivity index (χ4v) is 2.97. The number of hydrogen-bond acceptors (Lipinski definition) is 5. The predicted molar refractivity (Wildman–Crippen MR) is 112 cm³/mol. The third kappa shape index (κ3) is 4.63. The summed E-state index contributed by atoms with van der Waals surface area (Å²) in [5.41, 5.74) is 2.09. The second-order valence-corrected chi connectivity index (χ2v) is 7.28. The van der Waals surface area contributed by atoms with E-state index in [2.05, 4.69) is 20.6 Å². The Labute approximate surface area is 173 Å². The van der Waals surface area contributed by atoms with Gasteiger partial charge >= 0.3 is 0 Å². The summed E-state index contributed by atoms with van der Waals surface area (Å²) in [5, 5.41) is 5.91. The molecule has 1 aromatic carbocycles. The van der Waals surface area contributed by atoms with Gasteiger partial charge < -0.3 is 15.1 Å². The molecule has 0 spiro atoms. The van der Waals surface area contributed by atoms with Crippen LogP contribution in [-0.2, 0) is 4.79 Å². The van der Waals surface area contributed by atoms with E-state index in [1.807, 2.05) is 20.8 Å². The summed E-state index contributed by atoms with van der Waals surface area (Å²) in [6.07, 6.45) is 1.60. The molecule has 0 aliphatic carbocycles. The van der Waals surface area contributed by atoms with Crippen molar-refractivity contribution < 1.29 is 14.0 Å². The molecule has 2 heterocycles. The van der Waals surface area contributed by atoms with Gasteiger partial charge in [-0.1, -0.05) is 23.7 Å². The smallest absolute Gasteiger partial charge is 0.274 e. The first-order valence-electron chi connectivity index (χ1n) is 9.07. The number of hydrogen-bond donors (Lipinski definition) is 2. The van der Waals surface area contributed by atoms with E-state index in [1.165, 1.54) is 6.92 Å². The number of nitrogens with one attached hydrogen (secondary N) is 2. The topological polar surface area (TPSA) is 97.1 Å². The fourth-order valence-electron chi connectivity index (χ4n) is 2.75. The van der Waals surface area contributed by atoms with E-state index in [9.17, 15) is 9.59 Å². The fraction of sp³-hybridized carbons (Fsp3) is 0.238. The number of anilines is 1. The highest BCUT2D eigenvalue weighted by Crippen LogP contribution is 2.35. The van der Waals surface area contributed by atoms with Crippen LogP contribution in [0.4, 0.5) is 5.82 Å². The number of oxazole rings is 1. The summed E-state index contributed by atoms with van der Waals surface area (Å²) in [6.45, 7) is 6.96. The number of halogens is 1. The van der Waals surface area contributed by atoms with Crippen LogP contribution in [-0.4, -0.2) is 27.8 Å². The SMILES string of the molecule is CC(=O)Nc1cc(-c2nc(C(=O)NC(C)C)c(-c3ccccc3Cl)o2)c(C)cn1. The highest BCUT2D eigenvalue weighted by molar-refractivity contribution is 6.33. The molecule has 2 aromatic heterocycles. The lowest BCUT2D eigenvalue weighted by molar-refractivity contribution is -0.114. The van der Waals surface area contributed by atoms with Gasteiger partial charge in [0, 0.05) is 30.3 Å². The molecule has 3 aromatic rings. The van der Waals surface area contributed by atoms with Crippen LogP contribution in [0.15, 0.2) is 40.9 Å². The van der Waals surface area contributed by atoms with E-state index >= 15 is 0 Å². The lowest BCUT2D eigenvalue weighted by Crippen LogP contribution is -2.30. The maximum atomic E-state index is 12.8. The summed E-state index contributed by atoms with van der Waals surface area (Å²) < 4.78 is 6.01. The Morgan fingerprint density at radius 3 is 2.55 bits per heavy atom. The predicted octanol–water partition coefficient (Wildman–Crippen LogP) is 4.46.